The quantitative estimate of drug-likeness (QED) is 0.763. The number of H-pyrrole nitrogens is 1. The zero-order valence-corrected chi connectivity index (χ0v) is 12.2. The van der Waals surface area contributed by atoms with Gasteiger partial charge in [0.05, 0.1) is 5.69 Å². The number of benzene rings is 2. The van der Waals surface area contributed by atoms with Crippen LogP contribution in [0.5, 0.6) is 0 Å². The molecule has 110 valence electrons. The largest absolute Gasteiger partial charge is 0.372 e. The molecule has 4 heteroatoms. The Morgan fingerprint density at radius 2 is 1.82 bits per heavy atom. The molecule has 0 radical (unpaired) electrons. The molecule has 1 aliphatic rings. The second-order valence-corrected chi connectivity index (χ2v) is 5.52. The molecule has 3 aromatic rings. The summed E-state index contributed by atoms with van der Waals surface area (Å²) in [4.78, 5) is 17.7. The number of carbonyl (C=O) groups excluding carboxylic acids is 1. The van der Waals surface area contributed by atoms with Crippen molar-refractivity contribution in [3.63, 3.8) is 0 Å². The molecule has 0 spiro atoms. The van der Waals surface area contributed by atoms with Gasteiger partial charge in [-0.3, -0.25) is 4.79 Å². The lowest BCUT2D eigenvalue weighted by Crippen LogP contribution is -2.41. The lowest BCUT2D eigenvalue weighted by Gasteiger charge is -2.22. The summed E-state index contributed by atoms with van der Waals surface area (Å²) in [5, 5.41) is 12.2. The zero-order valence-electron chi connectivity index (χ0n) is 12.2. The molecule has 1 aliphatic heterocycles. The first-order valence-electron chi connectivity index (χ1n) is 7.38. The average Bonchev–Trinajstić information content (AvgIpc) is 3.07. The van der Waals surface area contributed by atoms with Crippen LogP contribution in [0, 0.1) is 0 Å². The zero-order chi connectivity index (χ0) is 15.3. The molecule has 2 N–H and O–H groups in total. The molecule has 4 rings (SSSR count). The number of likely N-dealkylation sites (N-methyl/N-ethyl adjacent to an activating group) is 1. The molecule has 1 atom stereocenters. The van der Waals surface area contributed by atoms with E-state index in [4.69, 9.17) is 0 Å². The fraction of sp³-hybridized carbons (Fsp3) is 0.167. The fourth-order valence-corrected chi connectivity index (χ4v) is 3.38. The van der Waals surface area contributed by atoms with E-state index >= 15 is 0 Å². The molecule has 0 saturated carbocycles. The minimum Gasteiger partial charge on any atom is -0.372 e. The first kappa shape index (κ1) is 13.1. The van der Waals surface area contributed by atoms with E-state index in [1.54, 1.807) is 11.1 Å². The average molecular weight is 292 g/mol. The Labute approximate surface area is 128 Å². The van der Waals surface area contributed by atoms with Crippen molar-refractivity contribution >= 4 is 22.5 Å². The van der Waals surface area contributed by atoms with Crippen molar-refractivity contribution in [1.29, 1.82) is 0 Å². The molecule has 0 unspecified atom stereocenters. The minimum absolute atomic E-state index is 0.291. The third kappa shape index (κ3) is 1.47. The molecule has 2 aromatic carbocycles. The van der Waals surface area contributed by atoms with E-state index < -0.39 is 5.60 Å². The van der Waals surface area contributed by atoms with Crippen molar-refractivity contribution in [2.24, 2.45) is 0 Å². The summed E-state index contributed by atoms with van der Waals surface area (Å²) in [5.41, 5.74) is 1.31. The number of anilines is 1. The SMILES string of the molecule is CCN1C(=O)[C@](O)(c2c[nH]c3ccccc23)c2ccccc21. The predicted molar refractivity (Wildman–Crippen MR) is 85.8 cm³/mol. The van der Waals surface area contributed by atoms with Crippen LogP contribution < -0.4 is 4.90 Å². The van der Waals surface area contributed by atoms with E-state index in [9.17, 15) is 9.90 Å². The topological polar surface area (TPSA) is 56.3 Å². The standard InChI is InChI=1S/C18H16N2O2/c1-2-20-16-10-6-4-8-13(16)18(22,17(20)21)14-11-19-15-9-5-3-7-12(14)15/h3-11,19,22H,2H2,1H3/t18-/m1/s1. The number of aromatic amines is 1. The molecule has 1 amide bonds. The van der Waals surface area contributed by atoms with E-state index in [2.05, 4.69) is 4.98 Å². The monoisotopic (exact) mass is 292 g/mol. The van der Waals surface area contributed by atoms with Crippen molar-refractivity contribution in [2.45, 2.75) is 12.5 Å². The lowest BCUT2D eigenvalue weighted by atomic mass is 9.87. The molecule has 22 heavy (non-hydrogen) atoms. The third-order valence-corrected chi connectivity index (χ3v) is 4.43. The Morgan fingerprint density at radius 3 is 2.64 bits per heavy atom. The molecule has 1 aromatic heterocycles. The summed E-state index contributed by atoms with van der Waals surface area (Å²) in [6.07, 6.45) is 1.73. The van der Waals surface area contributed by atoms with Gasteiger partial charge >= 0.3 is 0 Å². The van der Waals surface area contributed by atoms with E-state index in [0.717, 1.165) is 16.6 Å². The van der Waals surface area contributed by atoms with Crippen LogP contribution in [0.2, 0.25) is 0 Å². The van der Waals surface area contributed by atoms with Gasteiger partial charge in [-0.2, -0.15) is 0 Å². The molecule has 0 fully saturated rings. The van der Waals surface area contributed by atoms with Gasteiger partial charge in [0.1, 0.15) is 0 Å². The molecule has 0 bridgehead atoms. The Kier molecular flexibility index (Phi) is 2.65. The van der Waals surface area contributed by atoms with E-state index in [1.807, 2.05) is 55.5 Å². The molecule has 0 aliphatic carbocycles. The van der Waals surface area contributed by atoms with Crippen LogP contribution in [0.3, 0.4) is 0 Å². The molecule has 2 heterocycles. The second kappa shape index (κ2) is 4.45. The van der Waals surface area contributed by atoms with Crippen LogP contribution in [0.25, 0.3) is 10.9 Å². The van der Waals surface area contributed by atoms with Crippen LogP contribution in [-0.2, 0) is 10.4 Å². The van der Waals surface area contributed by atoms with Gasteiger partial charge in [0.25, 0.3) is 5.91 Å². The number of para-hydroxylation sites is 2. The van der Waals surface area contributed by atoms with Gasteiger partial charge in [-0.05, 0) is 19.1 Å². The van der Waals surface area contributed by atoms with Crippen LogP contribution >= 0.6 is 0 Å². The van der Waals surface area contributed by atoms with E-state index in [-0.39, 0.29) is 5.91 Å². The van der Waals surface area contributed by atoms with Gasteiger partial charge in [0, 0.05) is 34.8 Å². The lowest BCUT2D eigenvalue weighted by molar-refractivity contribution is -0.132. The maximum Gasteiger partial charge on any atom is 0.268 e. The highest BCUT2D eigenvalue weighted by atomic mass is 16.3. The van der Waals surface area contributed by atoms with Crippen LogP contribution in [0.1, 0.15) is 18.1 Å². The number of aromatic nitrogens is 1. The van der Waals surface area contributed by atoms with Crippen molar-refractivity contribution in [3.05, 3.63) is 65.9 Å². The summed E-state index contributed by atoms with van der Waals surface area (Å²) in [6, 6.07) is 15.1. The fourth-order valence-electron chi connectivity index (χ4n) is 3.38. The Morgan fingerprint density at radius 1 is 1.09 bits per heavy atom. The van der Waals surface area contributed by atoms with Crippen LogP contribution in [0.4, 0.5) is 5.69 Å². The number of amides is 1. The number of carbonyl (C=O) groups is 1. The summed E-state index contributed by atoms with van der Waals surface area (Å²) in [7, 11) is 0. The normalized spacial score (nSPS) is 20.6. The van der Waals surface area contributed by atoms with Crippen molar-refractivity contribution < 1.29 is 9.90 Å². The Balaban J connectivity index is 2.03. The number of hydrogen-bond acceptors (Lipinski definition) is 2. The highest BCUT2D eigenvalue weighted by Crippen LogP contribution is 2.45. The summed E-state index contributed by atoms with van der Waals surface area (Å²) < 4.78 is 0. The predicted octanol–water partition coefficient (Wildman–Crippen LogP) is 2.77. The first-order valence-corrected chi connectivity index (χ1v) is 7.38. The molecule has 0 saturated heterocycles. The summed E-state index contributed by atoms with van der Waals surface area (Å²) >= 11 is 0. The number of nitrogens with one attached hydrogen (secondary N) is 1. The van der Waals surface area contributed by atoms with Gasteiger partial charge in [0.2, 0.25) is 0 Å². The Hall–Kier alpha value is -2.59. The number of fused-ring (bicyclic) bond motifs is 2. The maximum absolute atomic E-state index is 12.9. The smallest absolute Gasteiger partial charge is 0.268 e. The molecule has 4 nitrogen and oxygen atoms in total. The number of hydrogen-bond donors (Lipinski definition) is 2. The minimum atomic E-state index is -1.63. The second-order valence-electron chi connectivity index (χ2n) is 5.52. The highest BCUT2D eigenvalue weighted by molar-refractivity contribution is 6.11. The molecular formula is C18H16N2O2. The first-order chi connectivity index (χ1) is 10.7. The van der Waals surface area contributed by atoms with Crippen LogP contribution in [-0.4, -0.2) is 22.5 Å². The summed E-state index contributed by atoms with van der Waals surface area (Å²) in [5.74, 6) is -0.291. The third-order valence-electron chi connectivity index (χ3n) is 4.43. The van der Waals surface area contributed by atoms with Crippen molar-refractivity contribution in [3.8, 4) is 0 Å². The van der Waals surface area contributed by atoms with Gasteiger partial charge in [-0.1, -0.05) is 36.4 Å². The Bertz CT molecular complexity index is 883. The maximum atomic E-state index is 12.9. The molecular weight excluding hydrogens is 276 g/mol. The number of nitrogens with zero attached hydrogens (tertiary/aromatic N) is 1. The van der Waals surface area contributed by atoms with Crippen molar-refractivity contribution in [1.82, 2.24) is 4.98 Å². The van der Waals surface area contributed by atoms with Crippen molar-refractivity contribution in [2.75, 3.05) is 11.4 Å². The van der Waals surface area contributed by atoms with Gasteiger partial charge in [-0.25, -0.2) is 0 Å². The van der Waals surface area contributed by atoms with E-state index in [1.165, 1.54) is 0 Å². The van der Waals surface area contributed by atoms with Gasteiger partial charge in [-0.15, -0.1) is 0 Å². The van der Waals surface area contributed by atoms with Gasteiger partial charge < -0.3 is 15.0 Å². The number of aliphatic hydroxyl groups is 1. The highest BCUT2D eigenvalue weighted by Gasteiger charge is 2.51. The van der Waals surface area contributed by atoms with Crippen LogP contribution in [0.15, 0.2) is 54.7 Å². The van der Waals surface area contributed by atoms with Gasteiger partial charge in [0.15, 0.2) is 5.60 Å². The number of rotatable bonds is 2. The summed E-state index contributed by atoms with van der Waals surface area (Å²) in [6.45, 7) is 2.44. The van der Waals surface area contributed by atoms with E-state index in [0.29, 0.717) is 17.7 Å².